The molecular weight excluding hydrogens is 1130 g/mol. The lowest BCUT2D eigenvalue weighted by Gasteiger charge is -2.10. The van der Waals surface area contributed by atoms with Crippen molar-refractivity contribution in [1.29, 1.82) is 0 Å². The summed E-state index contributed by atoms with van der Waals surface area (Å²) < 4.78 is 86.1. The number of aliphatic hydroxyl groups excluding tert-OH is 1. The highest BCUT2D eigenvalue weighted by molar-refractivity contribution is 5.73. The molecule has 0 saturated heterocycles. The van der Waals surface area contributed by atoms with E-state index in [1.165, 1.54) is 62.5 Å². The first-order chi connectivity index (χ1) is 38.9. The van der Waals surface area contributed by atoms with Gasteiger partial charge in [0.25, 0.3) is 0 Å². The molecule has 0 radical (unpaired) electrons. The van der Waals surface area contributed by atoms with E-state index in [1.807, 2.05) is 32.9 Å². The number of hydrogen-bond acceptors (Lipinski definition) is 10. The number of phenolic OH excluding ortho intramolecular Hbond substituents is 1. The molecule has 0 heterocycles. The molecule has 0 aliphatic rings. The number of alkyl halides is 6. The van der Waals surface area contributed by atoms with Crippen molar-refractivity contribution in [2.24, 2.45) is 23.7 Å². The number of carbonyl (C=O) groups is 4. The summed E-state index contributed by atoms with van der Waals surface area (Å²) in [6, 6.07) is 39.3. The largest absolute Gasteiger partial charge is 0.508 e. The Morgan fingerprint density at radius 3 is 0.805 bits per heavy atom. The Morgan fingerprint density at radius 2 is 0.609 bits per heavy atom. The van der Waals surface area contributed by atoms with Crippen LogP contribution in [0.2, 0.25) is 0 Å². The first-order valence-corrected chi connectivity index (χ1v) is 29.2. The summed E-state index contributed by atoms with van der Waals surface area (Å²) >= 11 is 0. The Morgan fingerprint density at radius 1 is 0.379 bits per heavy atom. The van der Waals surface area contributed by atoms with Gasteiger partial charge in [-0.15, -0.1) is 0 Å². The Kier molecular flexibility index (Phi) is 66.1. The van der Waals surface area contributed by atoms with Gasteiger partial charge in [0.05, 0.1) is 37.4 Å². The molecule has 2 N–H and O–H groups in total. The number of hydrogen-bond donors (Lipinski definition) is 2. The predicted molar refractivity (Wildman–Crippen MR) is 351 cm³/mol. The minimum absolute atomic E-state index is 0. The van der Waals surface area contributed by atoms with Gasteiger partial charge in [0.2, 0.25) is 0 Å². The third-order valence-electron chi connectivity index (χ3n) is 13.4. The molecular formula is C71H120F6O10. The molecule has 0 amide bonds. The number of ether oxygens (including phenoxy) is 4. The van der Waals surface area contributed by atoms with Crippen molar-refractivity contribution in [1.82, 2.24) is 0 Å². The van der Waals surface area contributed by atoms with Crippen LogP contribution in [0.15, 0.2) is 115 Å². The molecule has 0 aliphatic heterocycles. The Hall–Kier alpha value is -5.90. The summed E-state index contributed by atoms with van der Waals surface area (Å²) in [7, 11) is 1.41. The van der Waals surface area contributed by atoms with Gasteiger partial charge in [0.15, 0.2) is 13.2 Å². The average molecular weight is 1250 g/mol. The minimum Gasteiger partial charge on any atom is -0.508 e. The molecule has 0 spiro atoms. The predicted octanol–water partition coefficient (Wildman–Crippen LogP) is 21.1. The second-order valence-corrected chi connectivity index (χ2v) is 20.2. The number of methoxy groups -OCH3 is 1. The van der Waals surface area contributed by atoms with Gasteiger partial charge in [-0.1, -0.05) is 244 Å². The van der Waals surface area contributed by atoms with Crippen LogP contribution >= 0.6 is 0 Å². The van der Waals surface area contributed by atoms with Gasteiger partial charge in [-0.05, 0) is 109 Å². The molecule has 0 bridgehead atoms. The molecule has 8 unspecified atom stereocenters. The number of esters is 4. The lowest BCUT2D eigenvalue weighted by atomic mass is 9.99. The molecule has 0 aliphatic carbocycles. The fraction of sp³-hybridized carbons (Fsp3) is 0.606. The molecule has 0 saturated carbocycles. The maximum absolute atomic E-state index is 11.5. The van der Waals surface area contributed by atoms with E-state index in [9.17, 15) is 45.5 Å². The molecule has 0 fully saturated rings. The van der Waals surface area contributed by atoms with Crippen LogP contribution in [0, 0.1) is 23.7 Å². The highest BCUT2D eigenvalue weighted by atomic mass is 19.4. The van der Waals surface area contributed by atoms with Gasteiger partial charge < -0.3 is 29.2 Å². The van der Waals surface area contributed by atoms with Crippen LogP contribution in [0.5, 0.6) is 5.75 Å². The SMILES string of the molecule is C.C.C.C.CCC(C)C(=O)OC.CCC(C)C(=O)OCC(F)(F)F.CCC(C)C(=O)OCC(F)(F)F.CCC(C)C(=O)OCCO.CCC(C)c1ccc(O)cc1.CCC(C)c1ccccc1.CCC(C)c1ccccc1.CCC(C)c1ccccc1. The van der Waals surface area contributed by atoms with Crippen LogP contribution in [0.3, 0.4) is 0 Å². The monoisotopic (exact) mass is 1250 g/mol. The van der Waals surface area contributed by atoms with E-state index in [0.717, 1.165) is 19.3 Å². The molecule has 87 heavy (non-hydrogen) atoms. The first kappa shape index (κ1) is 97.4. The van der Waals surface area contributed by atoms with E-state index in [-0.39, 0.29) is 66.7 Å². The maximum atomic E-state index is 11.5. The zero-order valence-electron chi connectivity index (χ0n) is 53.0. The summed E-state index contributed by atoms with van der Waals surface area (Å²) in [4.78, 5) is 42.7. The summed E-state index contributed by atoms with van der Waals surface area (Å²) in [5, 5.41) is 17.3. The van der Waals surface area contributed by atoms with Crippen LogP contribution in [-0.2, 0) is 38.1 Å². The van der Waals surface area contributed by atoms with E-state index in [0.29, 0.717) is 42.3 Å². The standard InChI is InChI=1S/C10H14O.3C10H14.2C7H11F3O2.C7H14O3.C6H12O2.4CH4/c1-3-8(2)9-4-6-10(11)7-5-9;3*1-3-9(2)10-7-5-4-6-8-10;2*1-3-5(2)6(11)12-4-7(8,9)10;1-3-6(2)7(9)10-5-4-8;1-4-5(2)6(7)8-3;;;;/h4-8,11H,3H2,1-2H3;3*4-9H,3H2,1-2H3;2*5H,3-4H2,1-2H3;6,8H,3-5H2,1-2H3;5H,4H2,1-3H3;4*1H4. The highest BCUT2D eigenvalue weighted by Crippen LogP contribution is 2.22. The van der Waals surface area contributed by atoms with Crippen LogP contribution in [0.25, 0.3) is 0 Å². The molecule has 506 valence electrons. The first-order valence-electron chi connectivity index (χ1n) is 29.2. The Balaban J connectivity index is -0.000000136. The number of aliphatic hydroxyl groups is 1. The topological polar surface area (TPSA) is 146 Å². The van der Waals surface area contributed by atoms with Crippen LogP contribution in [0.1, 0.15) is 238 Å². The van der Waals surface area contributed by atoms with Crippen LogP contribution in [0.4, 0.5) is 26.3 Å². The maximum Gasteiger partial charge on any atom is 0.422 e. The van der Waals surface area contributed by atoms with Crippen molar-refractivity contribution in [2.45, 2.75) is 228 Å². The lowest BCUT2D eigenvalue weighted by Crippen LogP contribution is -2.23. The molecule has 8 atom stereocenters. The summed E-state index contributed by atoms with van der Waals surface area (Å²) in [6.45, 7) is 28.8. The Bertz CT molecular complexity index is 2010. The molecule has 16 heteroatoms. The van der Waals surface area contributed by atoms with Gasteiger partial charge in [0.1, 0.15) is 12.4 Å². The lowest BCUT2D eigenvalue weighted by molar-refractivity contribution is -0.188. The van der Waals surface area contributed by atoms with E-state index >= 15 is 0 Å². The van der Waals surface area contributed by atoms with Crippen molar-refractivity contribution in [3.05, 3.63) is 138 Å². The fourth-order valence-corrected chi connectivity index (χ4v) is 5.84. The molecule has 0 aromatic heterocycles. The zero-order chi connectivity index (χ0) is 64.6. The van der Waals surface area contributed by atoms with Gasteiger partial charge in [-0.3, -0.25) is 19.2 Å². The van der Waals surface area contributed by atoms with E-state index in [2.05, 4.69) is 165 Å². The Labute approximate surface area is 525 Å². The molecule has 4 aromatic carbocycles. The van der Waals surface area contributed by atoms with Crippen LogP contribution in [-0.4, -0.2) is 80.0 Å². The van der Waals surface area contributed by atoms with Gasteiger partial charge >= 0.3 is 36.2 Å². The van der Waals surface area contributed by atoms with E-state index in [1.54, 1.807) is 32.9 Å². The van der Waals surface area contributed by atoms with Crippen LogP contribution < -0.4 is 0 Å². The number of aromatic hydroxyl groups is 1. The number of rotatable bonds is 20. The van der Waals surface area contributed by atoms with E-state index < -0.39 is 49.3 Å². The summed E-state index contributed by atoms with van der Waals surface area (Å²) in [6.07, 6.45) is -1.43. The number of phenols is 1. The van der Waals surface area contributed by atoms with Crippen molar-refractivity contribution >= 4 is 23.9 Å². The van der Waals surface area contributed by atoms with Gasteiger partial charge in [0, 0.05) is 0 Å². The third-order valence-corrected chi connectivity index (χ3v) is 13.4. The van der Waals surface area contributed by atoms with Crippen molar-refractivity contribution in [3.8, 4) is 5.75 Å². The number of halogens is 6. The fourth-order valence-electron chi connectivity index (χ4n) is 5.84. The number of benzene rings is 4. The third kappa shape index (κ3) is 55.2. The highest BCUT2D eigenvalue weighted by Gasteiger charge is 2.31. The van der Waals surface area contributed by atoms with Crippen molar-refractivity contribution < 1.29 is 74.7 Å². The van der Waals surface area contributed by atoms with Gasteiger partial charge in [-0.2, -0.15) is 26.3 Å². The number of carbonyl (C=O) groups excluding carboxylic acids is 4. The zero-order valence-corrected chi connectivity index (χ0v) is 53.0. The van der Waals surface area contributed by atoms with Crippen molar-refractivity contribution in [3.63, 3.8) is 0 Å². The second kappa shape index (κ2) is 59.1. The smallest absolute Gasteiger partial charge is 0.422 e. The molecule has 4 aromatic rings. The minimum atomic E-state index is -4.43. The second-order valence-electron chi connectivity index (χ2n) is 20.2. The quantitative estimate of drug-likeness (QED) is 0.0498. The average Bonchev–Trinajstić information content (AvgIpc) is 3.55. The van der Waals surface area contributed by atoms with Crippen molar-refractivity contribution in [2.75, 3.05) is 33.5 Å². The van der Waals surface area contributed by atoms with Gasteiger partial charge in [-0.25, -0.2) is 0 Å². The van der Waals surface area contributed by atoms with E-state index in [4.69, 9.17) is 10.2 Å². The normalized spacial score (nSPS) is 12.6. The molecule has 10 nitrogen and oxygen atoms in total. The summed E-state index contributed by atoms with van der Waals surface area (Å²) in [5.41, 5.74) is 5.64. The molecule has 4 rings (SSSR count). The summed E-state index contributed by atoms with van der Waals surface area (Å²) in [5.74, 6) is 0.205.